The first-order valence-corrected chi connectivity index (χ1v) is 9.93. The van der Waals surface area contributed by atoms with E-state index in [2.05, 4.69) is 20.3 Å². The van der Waals surface area contributed by atoms with Crippen molar-refractivity contribution in [2.24, 2.45) is 0 Å². The van der Waals surface area contributed by atoms with Crippen LogP contribution in [0, 0.1) is 5.82 Å². The van der Waals surface area contributed by atoms with E-state index in [1.54, 1.807) is 12.1 Å². The molecule has 1 aliphatic carbocycles. The third-order valence-electron chi connectivity index (χ3n) is 4.43. The lowest BCUT2D eigenvalue weighted by molar-refractivity contribution is 0.364. The second kappa shape index (κ2) is 6.74. The molecular weight excluding hydrogens is 365 g/mol. The van der Waals surface area contributed by atoms with Crippen molar-refractivity contribution in [3.63, 3.8) is 0 Å². The molecule has 3 aromatic rings. The first kappa shape index (κ1) is 18.2. The van der Waals surface area contributed by atoms with Crippen LogP contribution in [0.5, 0.6) is 0 Å². The standard InChI is InChI=1S/C19H22FN5OS/c1-11(16-21-17(24-26-16)19(2,3)4)27-18-23-22-15(25(18)12-9-10-12)13-7-5-6-8-14(13)20/h5-8,11-12H,9-10H2,1-4H3. The molecule has 27 heavy (non-hydrogen) atoms. The van der Waals surface area contributed by atoms with Crippen LogP contribution in [0.1, 0.15) is 63.5 Å². The normalized spacial score (nSPS) is 15.9. The van der Waals surface area contributed by atoms with Crippen molar-refractivity contribution in [2.75, 3.05) is 0 Å². The zero-order valence-electron chi connectivity index (χ0n) is 15.8. The van der Waals surface area contributed by atoms with Crippen LogP contribution in [0.4, 0.5) is 4.39 Å². The predicted octanol–water partition coefficient (Wildman–Crippen LogP) is 4.95. The minimum absolute atomic E-state index is 0.0798. The second-order valence-electron chi connectivity index (χ2n) is 7.85. The molecule has 1 unspecified atom stereocenters. The highest BCUT2D eigenvalue weighted by molar-refractivity contribution is 7.99. The van der Waals surface area contributed by atoms with E-state index in [9.17, 15) is 4.39 Å². The van der Waals surface area contributed by atoms with E-state index in [1.807, 2.05) is 38.3 Å². The van der Waals surface area contributed by atoms with Gasteiger partial charge in [-0.05, 0) is 31.9 Å². The summed E-state index contributed by atoms with van der Waals surface area (Å²) in [7, 11) is 0. The molecule has 2 heterocycles. The van der Waals surface area contributed by atoms with Crippen molar-refractivity contribution >= 4 is 11.8 Å². The summed E-state index contributed by atoms with van der Waals surface area (Å²) in [5.74, 6) is 1.53. The number of benzene rings is 1. The summed E-state index contributed by atoms with van der Waals surface area (Å²) in [6.07, 6.45) is 2.10. The van der Waals surface area contributed by atoms with Gasteiger partial charge in [0.05, 0.1) is 10.8 Å². The van der Waals surface area contributed by atoms with E-state index < -0.39 is 0 Å². The van der Waals surface area contributed by atoms with Crippen molar-refractivity contribution in [1.29, 1.82) is 0 Å². The lowest BCUT2D eigenvalue weighted by atomic mass is 9.96. The average Bonchev–Trinajstić information content (AvgIpc) is 3.16. The number of aromatic nitrogens is 5. The van der Waals surface area contributed by atoms with Crippen LogP contribution < -0.4 is 0 Å². The first-order valence-electron chi connectivity index (χ1n) is 9.05. The molecule has 0 radical (unpaired) electrons. The van der Waals surface area contributed by atoms with Gasteiger partial charge in [0.2, 0.25) is 5.89 Å². The van der Waals surface area contributed by atoms with Gasteiger partial charge in [-0.3, -0.25) is 4.57 Å². The molecule has 4 rings (SSSR count). The fourth-order valence-corrected chi connectivity index (χ4v) is 3.71. The fraction of sp³-hybridized carbons (Fsp3) is 0.474. The highest BCUT2D eigenvalue weighted by Gasteiger charge is 2.32. The Morgan fingerprint density at radius 2 is 1.96 bits per heavy atom. The van der Waals surface area contributed by atoms with Crippen molar-refractivity contribution in [2.45, 2.75) is 62.4 Å². The van der Waals surface area contributed by atoms with Gasteiger partial charge in [-0.25, -0.2) is 4.39 Å². The van der Waals surface area contributed by atoms with Crippen LogP contribution in [-0.4, -0.2) is 24.9 Å². The predicted molar refractivity (Wildman–Crippen MR) is 101 cm³/mol. The molecule has 1 aliphatic rings. The van der Waals surface area contributed by atoms with E-state index >= 15 is 0 Å². The van der Waals surface area contributed by atoms with Crippen molar-refractivity contribution in [3.8, 4) is 11.4 Å². The largest absolute Gasteiger partial charge is 0.338 e. The van der Waals surface area contributed by atoms with Gasteiger partial charge < -0.3 is 4.52 Å². The monoisotopic (exact) mass is 387 g/mol. The molecule has 0 spiro atoms. The third-order valence-corrected chi connectivity index (χ3v) is 5.48. The number of nitrogens with zero attached hydrogens (tertiary/aromatic N) is 5. The quantitative estimate of drug-likeness (QED) is 0.577. The SMILES string of the molecule is CC(Sc1nnc(-c2ccccc2F)n1C1CC1)c1nc(C(C)(C)C)no1. The average molecular weight is 387 g/mol. The van der Waals surface area contributed by atoms with E-state index in [0.29, 0.717) is 29.1 Å². The second-order valence-corrected chi connectivity index (χ2v) is 9.16. The summed E-state index contributed by atoms with van der Waals surface area (Å²) in [6.45, 7) is 8.14. The Balaban J connectivity index is 1.63. The lowest BCUT2D eigenvalue weighted by Gasteiger charge is -2.12. The molecule has 0 saturated heterocycles. The van der Waals surface area contributed by atoms with Crippen molar-refractivity contribution in [1.82, 2.24) is 24.9 Å². The summed E-state index contributed by atoms with van der Waals surface area (Å²) in [4.78, 5) is 4.53. The van der Waals surface area contributed by atoms with Crippen molar-refractivity contribution in [3.05, 3.63) is 41.8 Å². The molecule has 1 fully saturated rings. The Bertz CT molecular complexity index is 957. The smallest absolute Gasteiger partial charge is 0.239 e. The van der Waals surface area contributed by atoms with Crippen LogP contribution in [0.25, 0.3) is 11.4 Å². The molecule has 0 amide bonds. The van der Waals surface area contributed by atoms with E-state index in [-0.39, 0.29) is 16.5 Å². The Hall–Kier alpha value is -2.22. The van der Waals surface area contributed by atoms with Gasteiger partial charge in [-0.1, -0.05) is 49.8 Å². The minimum Gasteiger partial charge on any atom is -0.338 e. The highest BCUT2D eigenvalue weighted by Crippen LogP contribution is 2.44. The molecule has 1 aromatic carbocycles. The third kappa shape index (κ3) is 3.63. The summed E-state index contributed by atoms with van der Waals surface area (Å²) < 4.78 is 21.8. The van der Waals surface area contributed by atoms with Gasteiger partial charge in [0.15, 0.2) is 16.8 Å². The molecule has 1 saturated carbocycles. The van der Waals surface area contributed by atoms with Gasteiger partial charge in [-0.2, -0.15) is 4.98 Å². The van der Waals surface area contributed by atoms with E-state index in [4.69, 9.17) is 4.52 Å². The Morgan fingerprint density at radius 3 is 2.59 bits per heavy atom. The topological polar surface area (TPSA) is 69.6 Å². The van der Waals surface area contributed by atoms with Gasteiger partial charge in [-0.15, -0.1) is 10.2 Å². The van der Waals surface area contributed by atoms with E-state index in [0.717, 1.165) is 18.0 Å². The Labute approximate surface area is 161 Å². The minimum atomic E-state index is -0.289. The van der Waals surface area contributed by atoms with E-state index in [1.165, 1.54) is 17.8 Å². The lowest BCUT2D eigenvalue weighted by Crippen LogP contribution is -2.13. The Morgan fingerprint density at radius 1 is 1.22 bits per heavy atom. The fourth-order valence-electron chi connectivity index (χ4n) is 2.76. The summed E-state index contributed by atoms with van der Waals surface area (Å²) in [5.41, 5.74) is 0.308. The number of hydrogen-bond donors (Lipinski definition) is 0. The van der Waals surface area contributed by atoms with Crippen LogP contribution in [0.3, 0.4) is 0 Å². The maximum atomic E-state index is 14.3. The number of thioether (sulfide) groups is 1. The molecule has 1 atom stereocenters. The molecular formula is C19H22FN5OS. The van der Waals surface area contributed by atoms with Crippen LogP contribution in [-0.2, 0) is 5.41 Å². The van der Waals surface area contributed by atoms with Gasteiger partial charge >= 0.3 is 0 Å². The molecule has 0 N–H and O–H groups in total. The number of halogens is 1. The number of hydrogen-bond acceptors (Lipinski definition) is 6. The molecule has 2 aromatic heterocycles. The van der Waals surface area contributed by atoms with Crippen LogP contribution in [0.15, 0.2) is 33.9 Å². The molecule has 6 nitrogen and oxygen atoms in total. The first-order chi connectivity index (χ1) is 12.8. The molecule has 142 valence electrons. The van der Waals surface area contributed by atoms with Gasteiger partial charge in [0.25, 0.3) is 0 Å². The molecule has 0 bridgehead atoms. The maximum Gasteiger partial charge on any atom is 0.239 e. The highest BCUT2D eigenvalue weighted by atomic mass is 32.2. The Kier molecular flexibility index (Phi) is 4.53. The summed E-state index contributed by atoms with van der Waals surface area (Å²) in [5, 5.41) is 13.4. The van der Waals surface area contributed by atoms with Gasteiger partial charge in [0.1, 0.15) is 5.82 Å². The summed E-state index contributed by atoms with van der Waals surface area (Å²) in [6, 6.07) is 6.99. The zero-order valence-corrected chi connectivity index (χ0v) is 16.6. The zero-order chi connectivity index (χ0) is 19.2. The molecule has 0 aliphatic heterocycles. The van der Waals surface area contributed by atoms with Crippen LogP contribution >= 0.6 is 11.8 Å². The van der Waals surface area contributed by atoms with Crippen molar-refractivity contribution < 1.29 is 8.91 Å². The summed E-state index contributed by atoms with van der Waals surface area (Å²) >= 11 is 1.51. The van der Waals surface area contributed by atoms with Gasteiger partial charge in [0, 0.05) is 11.5 Å². The van der Waals surface area contributed by atoms with Crippen LogP contribution in [0.2, 0.25) is 0 Å². The number of rotatable bonds is 5. The maximum absolute atomic E-state index is 14.3. The molecule has 8 heteroatoms.